The van der Waals surface area contributed by atoms with E-state index in [0.717, 1.165) is 5.56 Å². The standard InChI is InChI=1S/C9H11NO2/c1-12-9-8(5-3-7-11)4-2-6-10-9/h2-6,11H,7H2,1H3. The predicted molar refractivity (Wildman–Crippen MR) is 46.9 cm³/mol. The first-order valence-corrected chi connectivity index (χ1v) is 3.65. The molecule has 0 aliphatic rings. The van der Waals surface area contributed by atoms with Crippen LogP contribution in [-0.2, 0) is 0 Å². The molecule has 1 heterocycles. The summed E-state index contributed by atoms with van der Waals surface area (Å²) in [7, 11) is 1.57. The third-order valence-electron chi connectivity index (χ3n) is 1.40. The Hall–Kier alpha value is -1.35. The highest BCUT2D eigenvalue weighted by molar-refractivity contribution is 5.54. The number of aliphatic hydroxyl groups excluding tert-OH is 1. The van der Waals surface area contributed by atoms with Gasteiger partial charge in [-0.15, -0.1) is 0 Å². The molecule has 1 N–H and O–H groups in total. The molecule has 0 aliphatic heterocycles. The van der Waals surface area contributed by atoms with Gasteiger partial charge in [0.2, 0.25) is 5.88 Å². The second-order valence-electron chi connectivity index (χ2n) is 2.19. The Kier molecular flexibility index (Phi) is 3.29. The van der Waals surface area contributed by atoms with Gasteiger partial charge < -0.3 is 9.84 Å². The van der Waals surface area contributed by atoms with E-state index in [-0.39, 0.29) is 6.61 Å². The molecular weight excluding hydrogens is 154 g/mol. The van der Waals surface area contributed by atoms with E-state index in [2.05, 4.69) is 4.98 Å². The predicted octanol–water partition coefficient (Wildman–Crippen LogP) is 1.10. The number of ether oxygens (including phenoxy) is 1. The van der Waals surface area contributed by atoms with Crippen LogP contribution in [0.4, 0.5) is 0 Å². The SMILES string of the molecule is COc1ncccc1C=CCO. The first-order valence-electron chi connectivity index (χ1n) is 3.65. The number of aromatic nitrogens is 1. The Morgan fingerprint density at radius 3 is 3.17 bits per heavy atom. The number of hydrogen-bond acceptors (Lipinski definition) is 3. The second kappa shape index (κ2) is 4.51. The van der Waals surface area contributed by atoms with Crippen LogP contribution in [0, 0.1) is 0 Å². The van der Waals surface area contributed by atoms with Gasteiger partial charge in [-0.3, -0.25) is 0 Å². The molecule has 0 aliphatic carbocycles. The molecule has 64 valence electrons. The van der Waals surface area contributed by atoms with Crippen molar-refractivity contribution in [3.8, 4) is 5.88 Å². The van der Waals surface area contributed by atoms with E-state index in [9.17, 15) is 0 Å². The molecule has 3 heteroatoms. The Balaban J connectivity index is 2.89. The fourth-order valence-corrected chi connectivity index (χ4v) is 0.880. The van der Waals surface area contributed by atoms with Gasteiger partial charge in [0.25, 0.3) is 0 Å². The quantitative estimate of drug-likeness (QED) is 0.729. The molecule has 1 aromatic rings. The molecule has 0 spiro atoms. The average molecular weight is 165 g/mol. The summed E-state index contributed by atoms with van der Waals surface area (Å²) < 4.78 is 5.00. The summed E-state index contributed by atoms with van der Waals surface area (Å²) in [6.45, 7) is 0.0258. The van der Waals surface area contributed by atoms with Crippen molar-refractivity contribution in [1.82, 2.24) is 4.98 Å². The van der Waals surface area contributed by atoms with E-state index in [0.29, 0.717) is 5.88 Å². The van der Waals surface area contributed by atoms with E-state index >= 15 is 0 Å². The van der Waals surface area contributed by atoms with E-state index in [4.69, 9.17) is 9.84 Å². The first-order chi connectivity index (χ1) is 5.88. The van der Waals surface area contributed by atoms with Gasteiger partial charge in [-0.25, -0.2) is 4.98 Å². The average Bonchev–Trinajstić information content (AvgIpc) is 2.15. The number of rotatable bonds is 3. The summed E-state index contributed by atoms with van der Waals surface area (Å²) in [5.74, 6) is 0.571. The summed E-state index contributed by atoms with van der Waals surface area (Å²) in [6.07, 6.45) is 5.07. The Morgan fingerprint density at radius 1 is 1.67 bits per heavy atom. The molecule has 0 saturated carbocycles. The minimum Gasteiger partial charge on any atom is -0.481 e. The molecular formula is C9H11NO2. The maximum Gasteiger partial charge on any atom is 0.220 e. The van der Waals surface area contributed by atoms with Crippen molar-refractivity contribution < 1.29 is 9.84 Å². The lowest BCUT2D eigenvalue weighted by Crippen LogP contribution is -1.89. The molecule has 0 bridgehead atoms. The van der Waals surface area contributed by atoms with Gasteiger partial charge in [0.1, 0.15) is 0 Å². The van der Waals surface area contributed by atoms with Gasteiger partial charge in [0.15, 0.2) is 0 Å². The maximum absolute atomic E-state index is 8.54. The molecule has 3 nitrogen and oxygen atoms in total. The highest BCUT2D eigenvalue weighted by Crippen LogP contribution is 2.14. The lowest BCUT2D eigenvalue weighted by Gasteiger charge is -2.00. The van der Waals surface area contributed by atoms with Crippen LogP contribution in [0.2, 0.25) is 0 Å². The zero-order valence-corrected chi connectivity index (χ0v) is 6.90. The molecule has 0 radical (unpaired) electrons. The van der Waals surface area contributed by atoms with Crippen molar-refractivity contribution in [3.05, 3.63) is 30.0 Å². The zero-order chi connectivity index (χ0) is 8.81. The van der Waals surface area contributed by atoms with Crippen LogP contribution >= 0.6 is 0 Å². The van der Waals surface area contributed by atoms with Crippen molar-refractivity contribution >= 4 is 6.08 Å². The number of pyridine rings is 1. The van der Waals surface area contributed by atoms with E-state index < -0.39 is 0 Å². The van der Waals surface area contributed by atoms with Gasteiger partial charge in [0, 0.05) is 11.8 Å². The van der Waals surface area contributed by atoms with Crippen molar-refractivity contribution in [2.75, 3.05) is 13.7 Å². The largest absolute Gasteiger partial charge is 0.481 e. The van der Waals surface area contributed by atoms with Gasteiger partial charge in [-0.2, -0.15) is 0 Å². The van der Waals surface area contributed by atoms with Crippen LogP contribution in [0.5, 0.6) is 5.88 Å². The topological polar surface area (TPSA) is 42.4 Å². The molecule has 0 aromatic carbocycles. The lowest BCUT2D eigenvalue weighted by molar-refractivity contribution is 0.343. The van der Waals surface area contributed by atoms with Gasteiger partial charge in [-0.1, -0.05) is 12.2 Å². The molecule has 0 amide bonds. The van der Waals surface area contributed by atoms with Gasteiger partial charge in [-0.05, 0) is 12.1 Å². The Labute approximate surface area is 71.3 Å². The van der Waals surface area contributed by atoms with E-state index in [1.165, 1.54) is 0 Å². The second-order valence-corrected chi connectivity index (χ2v) is 2.19. The number of aliphatic hydroxyl groups is 1. The fourth-order valence-electron chi connectivity index (χ4n) is 0.880. The zero-order valence-electron chi connectivity index (χ0n) is 6.90. The summed E-state index contributed by atoms with van der Waals surface area (Å²) in [6, 6.07) is 3.69. The van der Waals surface area contributed by atoms with Crippen LogP contribution in [0.15, 0.2) is 24.4 Å². The monoisotopic (exact) mass is 165 g/mol. The number of methoxy groups -OCH3 is 1. The third-order valence-corrected chi connectivity index (χ3v) is 1.40. The number of nitrogens with zero attached hydrogens (tertiary/aromatic N) is 1. The molecule has 0 atom stereocenters. The lowest BCUT2D eigenvalue weighted by atomic mass is 10.2. The molecule has 0 fully saturated rings. The summed E-state index contributed by atoms with van der Waals surface area (Å²) >= 11 is 0. The number of hydrogen-bond donors (Lipinski definition) is 1. The molecule has 12 heavy (non-hydrogen) atoms. The minimum atomic E-state index is 0.0258. The van der Waals surface area contributed by atoms with Crippen LogP contribution < -0.4 is 4.74 Å². The van der Waals surface area contributed by atoms with E-state index in [1.807, 2.05) is 12.1 Å². The van der Waals surface area contributed by atoms with E-state index in [1.54, 1.807) is 25.5 Å². The van der Waals surface area contributed by atoms with Gasteiger partial charge >= 0.3 is 0 Å². The molecule has 1 aromatic heterocycles. The fraction of sp³-hybridized carbons (Fsp3) is 0.222. The smallest absolute Gasteiger partial charge is 0.220 e. The summed E-state index contributed by atoms with van der Waals surface area (Å²) in [5.41, 5.74) is 0.869. The van der Waals surface area contributed by atoms with Crippen molar-refractivity contribution in [1.29, 1.82) is 0 Å². The maximum atomic E-state index is 8.54. The van der Waals surface area contributed by atoms with Crippen molar-refractivity contribution in [3.63, 3.8) is 0 Å². The van der Waals surface area contributed by atoms with Crippen LogP contribution in [-0.4, -0.2) is 23.8 Å². The first kappa shape index (κ1) is 8.74. The van der Waals surface area contributed by atoms with Crippen LogP contribution in [0.1, 0.15) is 5.56 Å². The van der Waals surface area contributed by atoms with Crippen molar-refractivity contribution in [2.45, 2.75) is 0 Å². The summed E-state index contributed by atoms with van der Waals surface area (Å²) in [4.78, 5) is 3.99. The Morgan fingerprint density at radius 2 is 2.50 bits per heavy atom. The molecule has 0 saturated heterocycles. The highest BCUT2D eigenvalue weighted by atomic mass is 16.5. The normalized spacial score (nSPS) is 10.5. The Bertz CT molecular complexity index is 271. The van der Waals surface area contributed by atoms with Crippen LogP contribution in [0.25, 0.3) is 6.08 Å². The van der Waals surface area contributed by atoms with Crippen LogP contribution in [0.3, 0.4) is 0 Å². The molecule has 1 rings (SSSR count). The minimum absolute atomic E-state index is 0.0258. The highest BCUT2D eigenvalue weighted by Gasteiger charge is 1.96. The third kappa shape index (κ3) is 2.07. The summed E-state index contributed by atoms with van der Waals surface area (Å²) in [5, 5.41) is 8.54. The van der Waals surface area contributed by atoms with Crippen molar-refractivity contribution in [2.24, 2.45) is 0 Å². The molecule has 0 unspecified atom stereocenters. The van der Waals surface area contributed by atoms with Gasteiger partial charge in [0.05, 0.1) is 13.7 Å².